The van der Waals surface area contributed by atoms with Gasteiger partial charge in [-0.25, -0.2) is 4.39 Å². The number of ketones is 1. The van der Waals surface area contributed by atoms with Crippen molar-refractivity contribution in [1.82, 2.24) is 14.3 Å². The second-order valence-electron chi connectivity index (χ2n) is 6.34. The lowest BCUT2D eigenvalue weighted by molar-refractivity contribution is -0.115. The highest BCUT2D eigenvalue weighted by Crippen LogP contribution is 2.15. The van der Waals surface area contributed by atoms with Gasteiger partial charge < -0.3 is 9.88 Å². The molecule has 1 N–H and O–H groups in total. The first-order chi connectivity index (χ1) is 13.0. The van der Waals surface area contributed by atoms with Crippen LogP contribution in [-0.2, 0) is 24.8 Å². The van der Waals surface area contributed by atoms with Gasteiger partial charge in [0.05, 0.1) is 18.7 Å². The zero-order chi connectivity index (χ0) is 19.4. The van der Waals surface area contributed by atoms with E-state index in [1.165, 1.54) is 4.68 Å². The number of hydrogen-bond acceptors (Lipinski definition) is 3. The van der Waals surface area contributed by atoms with Gasteiger partial charge in [0.15, 0.2) is 5.82 Å². The third-order valence-electron chi connectivity index (χ3n) is 4.34. The highest BCUT2D eigenvalue weighted by atomic mass is 19.1. The average Bonchev–Trinajstić information content (AvgIpc) is 3.22. The standard InChI is InChI=1S/C20H21FN4O2/c1-14-3-5-15(6-4-14)20(27)17-8-7-16(24(17)2)13-19(26)22-18-9-11-25(23-18)12-10-21/h3-9,11H,10,12-13H2,1-2H3,(H,22,23,26). The van der Waals surface area contributed by atoms with Crippen LogP contribution in [0.15, 0.2) is 48.7 Å². The van der Waals surface area contributed by atoms with Gasteiger partial charge in [-0.1, -0.05) is 29.8 Å². The van der Waals surface area contributed by atoms with Gasteiger partial charge in [0.2, 0.25) is 11.7 Å². The molecule has 0 bridgehead atoms. The van der Waals surface area contributed by atoms with Crippen molar-refractivity contribution in [2.45, 2.75) is 19.9 Å². The van der Waals surface area contributed by atoms with Crippen molar-refractivity contribution in [2.75, 3.05) is 12.0 Å². The van der Waals surface area contributed by atoms with E-state index in [0.29, 0.717) is 22.8 Å². The summed E-state index contributed by atoms with van der Waals surface area (Å²) in [6, 6.07) is 12.5. The van der Waals surface area contributed by atoms with Gasteiger partial charge in [0, 0.05) is 30.6 Å². The first-order valence-corrected chi connectivity index (χ1v) is 8.63. The zero-order valence-electron chi connectivity index (χ0n) is 15.3. The predicted octanol–water partition coefficient (Wildman–Crippen LogP) is 2.91. The Morgan fingerprint density at radius 3 is 2.56 bits per heavy atom. The van der Waals surface area contributed by atoms with Gasteiger partial charge in [-0.3, -0.25) is 14.3 Å². The summed E-state index contributed by atoms with van der Waals surface area (Å²) >= 11 is 0. The minimum atomic E-state index is -0.518. The van der Waals surface area contributed by atoms with Crippen molar-refractivity contribution in [3.8, 4) is 0 Å². The van der Waals surface area contributed by atoms with E-state index in [2.05, 4.69) is 10.4 Å². The lowest BCUT2D eigenvalue weighted by Crippen LogP contribution is -2.18. The molecule has 0 saturated carbocycles. The Bertz CT molecular complexity index is 957. The van der Waals surface area contributed by atoms with E-state index in [1.807, 2.05) is 19.1 Å². The minimum absolute atomic E-state index is 0.0888. The Morgan fingerprint density at radius 1 is 1.11 bits per heavy atom. The van der Waals surface area contributed by atoms with Gasteiger partial charge in [0.25, 0.3) is 0 Å². The topological polar surface area (TPSA) is 68.9 Å². The van der Waals surface area contributed by atoms with Crippen molar-refractivity contribution in [2.24, 2.45) is 7.05 Å². The van der Waals surface area contributed by atoms with Gasteiger partial charge in [0.1, 0.15) is 6.67 Å². The van der Waals surface area contributed by atoms with Gasteiger partial charge in [-0.2, -0.15) is 5.10 Å². The first kappa shape index (κ1) is 18.6. The molecule has 0 radical (unpaired) electrons. The summed E-state index contributed by atoms with van der Waals surface area (Å²) in [7, 11) is 1.76. The Labute approximate surface area is 156 Å². The first-order valence-electron chi connectivity index (χ1n) is 8.63. The van der Waals surface area contributed by atoms with E-state index in [1.54, 1.807) is 48.1 Å². The molecule has 0 atom stereocenters. The third kappa shape index (κ3) is 4.31. The summed E-state index contributed by atoms with van der Waals surface area (Å²) in [6.45, 7) is 1.60. The third-order valence-corrected chi connectivity index (χ3v) is 4.34. The Balaban J connectivity index is 1.68. The molecule has 0 aliphatic carbocycles. The maximum atomic E-state index is 12.7. The second-order valence-corrected chi connectivity index (χ2v) is 6.34. The van der Waals surface area contributed by atoms with Crippen LogP contribution in [0, 0.1) is 6.92 Å². The van der Waals surface area contributed by atoms with Crippen molar-refractivity contribution in [3.05, 3.63) is 71.2 Å². The molecule has 140 valence electrons. The van der Waals surface area contributed by atoms with Crippen molar-refractivity contribution in [1.29, 1.82) is 0 Å². The Kier molecular flexibility index (Phi) is 5.49. The number of amides is 1. The summed E-state index contributed by atoms with van der Waals surface area (Å²) in [5.74, 6) is 0.0313. The van der Waals surface area contributed by atoms with E-state index in [-0.39, 0.29) is 24.7 Å². The summed E-state index contributed by atoms with van der Waals surface area (Å²) in [4.78, 5) is 24.9. The quantitative estimate of drug-likeness (QED) is 0.652. The molecule has 6 nitrogen and oxygen atoms in total. The molecule has 3 aromatic rings. The number of alkyl halides is 1. The van der Waals surface area contributed by atoms with Crippen LogP contribution >= 0.6 is 0 Å². The van der Waals surface area contributed by atoms with Gasteiger partial charge in [-0.05, 0) is 19.1 Å². The maximum Gasteiger partial charge on any atom is 0.231 e. The molecule has 3 rings (SSSR count). The van der Waals surface area contributed by atoms with Crippen molar-refractivity contribution in [3.63, 3.8) is 0 Å². The average molecular weight is 368 g/mol. The Hall–Kier alpha value is -3.22. The number of nitrogens with one attached hydrogen (secondary N) is 1. The number of nitrogens with zero attached hydrogens (tertiary/aromatic N) is 3. The van der Waals surface area contributed by atoms with Crippen LogP contribution in [0.4, 0.5) is 10.2 Å². The van der Waals surface area contributed by atoms with Crippen LogP contribution in [0.3, 0.4) is 0 Å². The number of benzene rings is 1. The lowest BCUT2D eigenvalue weighted by atomic mass is 10.1. The van der Waals surface area contributed by atoms with Crippen molar-refractivity contribution >= 4 is 17.5 Å². The summed E-state index contributed by atoms with van der Waals surface area (Å²) in [5, 5.41) is 6.75. The molecular weight excluding hydrogens is 347 g/mol. The maximum absolute atomic E-state index is 12.7. The molecule has 27 heavy (non-hydrogen) atoms. The van der Waals surface area contributed by atoms with Gasteiger partial charge in [-0.15, -0.1) is 0 Å². The van der Waals surface area contributed by atoms with E-state index >= 15 is 0 Å². The highest BCUT2D eigenvalue weighted by Gasteiger charge is 2.16. The monoisotopic (exact) mass is 368 g/mol. The molecule has 0 saturated heterocycles. The number of aromatic nitrogens is 3. The second kappa shape index (κ2) is 7.99. The van der Waals surface area contributed by atoms with Crippen LogP contribution in [-0.4, -0.2) is 32.7 Å². The fourth-order valence-corrected chi connectivity index (χ4v) is 2.80. The number of carbonyl (C=O) groups excluding carboxylic acids is 2. The fourth-order valence-electron chi connectivity index (χ4n) is 2.80. The molecule has 7 heteroatoms. The van der Waals surface area contributed by atoms with E-state index in [0.717, 1.165) is 5.56 Å². The van der Waals surface area contributed by atoms with E-state index in [4.69, 9.17) is 0 Å². The summed E-state index contributed by atoms with van der Waals surface area (Å²) < 4.78 is 15.5. The lowest BCUT2D eigenvalue weighted by Gasteiger charge is -2.08. The predicted molar refractivity (Wildman–Crippen MR) is 101 cm³/mol. The number of hydrogen-bond donors (Lipinski definition) is 1. The molecule has 0 aliphatic heterocycles. The fraction of sp³-hybridized carbons (Fsp3) is 0.250. The number of aryl methyl sites for hydroxylation is 2. The number of rotatable bonds is 7. The normalized spacial score (nSPS) is 10.8. The largest absolute Gasteiger partial charge is 0.344 e. The molecule has 1 aromatic carbocycles. The minimum Gasteiger partial charge on any atom is -0.344 e. The van der Waals surface area contributed by atoms with E-state index < -0.39 is 6.67 Å². The van der Waals surface area contributed by atoms with Crippen molar-refractivity contribution < 1.29 is 14.0 Å². The summed E-state index contributed by atoms with van der Waals surface area (Å²) in [6.07, 6.45) is 1.71. The molecular formula is C20H21FN4O2. The smallest absolute Gasteiger partial charge is 0.231 e. The van der Waals surface area contributed by atoms with Crippen LogP contribution in [0.1, 0.15) is 27.3 Å². The SMILES string of the molecule is Cc1ccc(C(=O)c2ccc(CC(=O)Nc3ccn(CCF)n3)n2C)cc1. The highest BCUT2D eigenvalue weighted by molar-refractivity contribution is 6.08. The van der Waals surface area contributed by atoms with Crippen LogP contribution in [0.5, 0.6) is 0 Å². The van der Waals surface area contributed by atoms with Gasteiger partial charge >= 0.3 is 0 Å². The molecule has 0 aliphatic rings. The molecule has 1 amide bonds. The number of anilines is 1. The molecule has 2 aromatic heterocycles. The molecule has 0 spiro atoms. The zero-order valence-corrected chi connectivity index (χ0v) is 15.3. The molecule has 2 heterocycles. The number of carbonyl (C=O) groups is 2. The van der Waals surface area contributed by atoms with E-state index in [9.17, 15) is 14.0 Å². The van der Waals surface area contributed by atoms with Crippen LogP contribution in [0.2, 0.25) is 0 Å². The number of halogens is 1. The molecule has 0 fully saturated rings. The Morgan fingerprint density at radius 2 is 1.85 bits per heavy atom. The van der Waals surface area contributed by atoms with Crippen LogP contribution in [0.25, 0.3) is 0 Å². The summed E-state index contributed by atoms with van der Waals surface area (Å²) in [5.41, 5.74) is 2.93. The van der Waals surface area contributed by atoms with Crippen LogP contribution < -0.4 is 5.32 Å². The molecule has 0 unspecified atom stereocenters.